The summed E-state index contributed by atoms with van der Waals surface area (Å²) in [4.78, 5) is 24.3. The van der Waals surface area contributed by atoms with Gasteiger partial charge in [0.05, 0.1) is 6.61 Å². The summed E-state index contributed by atoms with van der Waals surface area (Å²) in [7, 11) is 1.67. The standard InChI is InChI=1S/C15H27N3O5.C9H14O/c1-15(2,3)23-14(22)17-16-12(6-7-13(20)21)11-5-4-8-18(9-11)10-19;1-4-6-7-9(5-2)8-10-3/h10-11,13,20-21H,4-9H2,1-3H3,(H,17,22);4-7H,2,8H2,1,3H3/b16-12+;6-4-,9-7+. The number of likely N-dealkylation sites (tertiary alicyclic amines) is 1. The molecule has 0 radical (unpaired) electrons. The van der Waals surface area contributed by atoms with Crippen LogP contribution in [0.3, 0.4) is 0 Å². The second-order valence-electron chi connectivity index (χ2n) is 8.58. The predicted octanol–water partition coefficient (Wildman–Crippen LogP) is 3.15. The molecule has 1 aliphatic rings. The summed E-state index contributed by atoms with van der Waals surface area (Å²) in [6, 6.07) is 0. The van der Waals surface area contributed by atoms with Crippen LogP contribution in [0.2, 0.25) is 0 Å². The number of nitrogens with one attached hydrogen (secondary N) is 1. The summed E-state index contributed by atoms with van der Waals surface area (Å²) < 4.78 is 10.0. The number of methoxy groups -OCH3 is 1. The van der Waals surface area contributed by atoms with Crippen molar-refractivity contribution in [3.63, 3.8) is 0 Å². The highest BCUT2D eigenvalue weighted by Crippen LogP contribution is 2.19. The number of aliphatic hydroxyl groups is 2. The van der Waals surface area contributed by atoms with Gasteiger partial charge in [0.2, 0.25) is 6.41 Å². The third-order valence-electron chi connectivity index (χ3n) is 4.50. The van der Waals surface area contributed by atoms with Crippen molar-refractivity contribution in [3.05, 3.63) is 36.5 Å². The van der Waals surface area contributed by atoms with Gasteiger partial charge in [-0.1, -0.05) is 30.9 Å². The molecule has 1 fully saturated rings. The number of aliphatic hydroxyl groups excluding tert-OH is 1. The first-order chi connectivity index (χ1) is 15.6. The molecule has 1 aliphatic heterocycles. The Hall–Kier alpha value is -2.49. The van der Waals surface area contributed by atoms with Gasteiger partial charge >= 0.3 is 6.09 Å². The molecule has 0 aliphatic carbocycles. The minimum atomic E-state index is -1.44. The first-order valence-corrected chi connectivity index (χ1v) is 11.1. The van der Waals surface area contributed by atoms with Crippen LogP contribution in [0.25, 0.3) is 0 Å². The molecule has 0 bridgehead atoms. The smallest absolute Gasteiger partial charge is 0.428 e. The first kappa shape index (κ1) is 30.5. The molecule has 0 spiro atoms. The Morgan fingerprint density at radius 2 is 2.06 bits per heavy atom. The quantitative estimate of drug-likeness (QED) is 0.149. The van der Waals surface area contributed by atoms with Gasteiger partial charge in [-0.3, -0.25) is 4.79 Å². The highest BCUT2D eigenvalue weighted by molar-refractivity contribution is 5.88. The molecular formula is C24H41N3O6. The highest BCUT2D eigenvalue weighted by atomic mass is 16.6. The summed E-state index contributed by atoms with van der Waals surface area (Å²) in [6.45, 7) is 12.7. The van der Waals surface area contributed by atoms with Gasteiger partial charge in [-0.05, 0) is 52.5 Å². The molecule has 1 saturated heterocycles. The van der Waals surface area contributed by atoms with Crippen molar-refractivity contribution in [2.45, 2.75) is 65.3 Å². The molecule has 9 nitrogen and oxygen atoms in total. The molecule has 1 atom stereocenters. The number of hydrogen-bond donors (Lipinski definition) is 3. The van der Waals surface area contributed by atoms with E-state index in [0.717, 1.165) is 24.8 Å². The number of hydrogen-bond acceptors (Lipinski definition) is 7. The molecule has 33 heavy (non-hydrogen) atoms. The lowest BCUT2D eigenvalue weighted by Crippen LogP contribution is -2.39. The second kappa shape index (κ2) is 17.0. The maximum Gasteiger partial charge on any atom is 0.428 e. The van der Waals surface area contributed by atoms with E-state index in [2.05, 4.69) is 17.1 Å². The average Bonchev–Trinajstić information content (AvgIpc) is 2.75. The lowest BCUT2D eigenvalue weighted by atomic mass is 9.91. The third kappa shape index (κ3) is 15.9. The monoisotopic (exact) mass is 467 g/mol. The van der Waals surface area contributed by atoms with Gasteiger partial charge in [0, 0.05) is 38.2 Å². The first-order valence-electron chi connectivity index (χ1n) is 11.1. The Morgan fingerprint density at radius 1 is 1.36 bits per heavy atom. The molecule has 0 saturated carbocycles. The van der Waals surface area contributed by atoms with Gasteiger partial charge in [0.25, 0.3) is 0 Å². The van der Waals surface area contributed by atoms with Gasteiger partial charge in [0.1, 0.15) is 5.60 Å². The summed E-state index contributed by atoms with van der Waals surface area (Å²) in [5.41, 5.74) is 3.46. The number of nitrogens with zero attached hydrogens (tertiary/aromatic N) is 2. The van der Waals surface area contributed by atoms with Crippen LogP contribution < -0.4 is 5.43 Å². The zero-order chi connectivity index (χ0) is 25.3. The molecule has 1 heterocycles. The maximum absolute atomic E-state index is 11.7. The number of rotatable bonds is 10. The predicted molar refractivity (Wildman–Crippen MR) is 130 cm³/mol. The zero-order valence-electron chi connectivity index (χ0n) is 20.6. The van der Waals surface area contributed by atoms with Crippen LogP contribution in [0.1, 0.15) is 53.4 Å². The Kier molecular flexibility index (Phi) is 15.8. The summed E-state index contributed by atoms with van der Waals surface area (Å²) in [5.74, 6) is -0.0114. The topological polar surface area (TPSA) is 121 Å². The lowest BCUT2D eigenvalue weighted by molar-refractivity contribution is -0.119. The number of allylic oxidation sites excluding steroid dienone is 3. The lowest BCUT2D eigenvalue weighted by Gasteiger charge is -2.30. The van der Waals surface area contributed by atoms with E-state index in [-0.39, 0.29) is 12.3 Å². The fourth-order valence-electron chi connectivity index (χ4n) is 2.98. The number of ether oxygens (including phenoxy) is 2. The van der Waals surface area contributed by atoms with Crippen molar-refractivity contribution in [3.8, 4) is 0 Å². The molecular weight excluding hydrogens is 426 g/mol. The van der Waals surface area contributed by atoms with Crippen LogP contribution in [-0.2, 0) is 14.3 Å². The summed E-state index contributed by atoms with van der Waals surface area (Å²) in [6.07, 6.45) is 8.53. The van der Waals surface area contributed by atoms with E-state index in [4.69, 9.17) is 19.7 Å². The van der Waals surface area contributed by atoms with Crippen molar-refractivity contribution in [1.82, 2.24) is 10.3 Å². The number of amides is 2. The maximum atomic E-state index is 11.7. The second-order valence-corrected chi connectivity index (χ2v) is 8.58. The van der Waals surface area contributed by atoms with E-state index in [1.165, 1.54) is 0 Å². The van der Waals surface area contributed by atoms with E-state index in [1.807, 2.05) is 25.2 Å². The van der Waals surface area contributed by atoms with Crippen LogP contribution in [0.5, 0.6) is 0 Å². The van der Waals surface area contributed by atoms with Gasteiger partial charge < -0.3 is 24.6 Å². The van der Waals surface area contributed by atoms with Crippen LogP contribution in [-0.4, -0.2) is 72.0 Å². The van der Waals surface area contributed by atoms with E-state index in [9.17, 15) is 9.59 Å². The van der Waals surface area contributed by atoms with Gasteiger partial charge in [-0.15, -0.1) is 0 Å². The molecule has 0 aromatic carbocycles. The number of carbonyl (C=O) groups excluding carboxylic acids is 2. The molecule has 3 N–H and O–H groups in total. The molecule has 0 aromatic rings. The van der Waals surface area contributed by atoms with Crippen LogP contribution in [0.15, 0.2) is 41.6 Å². The molecule has 1 unspecified atom stereocenters. The molecule has 0 aromatic heterocycles. The number of piperidine rings is 1. The zero-order valence-corrected chi connectivity index (χ0v) is 20.6. The minimum absolute atomic E-state index is 0.0114. The Balaban J connectivity index is 0.000000861. The van der Waals surface area contributed by atoms with Crippen LogP contribution >= 0.6 is 0 Å². The van der Waals surface area contributed by atoms with Gasteiger partial charge in [0.15, 0.2) is 6.29 Å². The van der Waals surface area contributed by atoms with E-state index in [1.54, 1.807) is 38.9 Å². The SMILES string of the molecule is C=C/C(=C\C=C/C)COC.CC(C)(C)OC(=O)N/N=C(\CCC(O)O)C1CCCN(C=O)C1. The fraction of sp³-hybridized carbons (Fsp3) is 0.625. The van der Waals surface area contributed by atoms with Gasteiger partial charge in [-0.2, -0.15) is 5.10 Å². The molecule has 9 heteroatoms. The Bertz CT molecular complexity index is 680. The van der Waals surface area contributed by atoms with E-state index < -0.39 is 18.0 Å². The average molecular weight is 468 g/mol. The number of carbonyl (C=O) groups is 2. The van der Waals surface area contributed by atoms with Crippen molar-refractivity contribution >= 4 is 18.2 Å². The van der Waals surface area contributed by atoms with E-state index >= 15 is 0 Å². The minimum Gasteiger partial charge on any atom is -0.443 e. The molecule has 2 amide bonds. The molecule has 188 valence electrons. The van der Waals surface area contributed by atoms with Crippen molar-refractivity contribution in [1.29, 1.82) is 0 Å². The van der Waals surface area contributed by atoms with Crippen LogP contribution in [0, 0.1) is 5.92 Å². The largest absolute Gasteiger partial charge is 0.443 e. The fourth-order valence-corrected chi connectivity index (χ4v) is 2.98. The third-order valence-corrected chi connectivity index (χ3v) is 4.50. The Labute approximate surface area is 197 Å². The van der Waals surface area contributed by atoms with Crippen molar-refractivity contribution in [2.24, 2.45) is 11.0 Å². The van der Waals surface area contributed by atoms with Crippen LogP contribution in [0.4, 0.5) is 4.79 Å². The summed E-state index contributed by atoms with van der Waals surface area (Å²) in [5, 5.41) is 22.2. The van der Waals surface area contributed by atoms with E-state index in [0.29, 0.717) is 31.8 Å². The summed E-state index contributed by atoms with van der Waals surface area (Å²) >= 11 is 0. The van der Waals surface area contributed by atoms with Gasteiger partial charge in [-0.25, -0.2) is 10.2 Å². The van der Waals surface area contributed by atoms with Crippen molar-refractivity contribution < 1.29 is 29.3 Å². The highest BCUT2D eigenvalue weighted by Gasteiger charge is 2.24. The Morgan fingerprint density at radius 3 is 2.58 bits per heavy atom. The normalized spacial score (nSPS) is 17.5. The molecule has 1 rings (SSSR count). The van der Waals surface area contributed by atoms with Crippen molar-refractivity contribution in [2.75, 3.05) is 26.8 Å². The number of hydrazone groups is 1.